The highest BCUT2D eigenvalue weighted by Crippen LogP contribution is 2.43. The highest BCUT2D eigenvalue weighted by molar-refractivity contribution is 6.19. The van der Waals surface area contributed by atoms with Gasteiger partial charge in [-0.15, -0.1) is 0 Å². The Balaban J connectivity index is 1.14. The van der Waals surface area contributed by atoms with E-state index in [1.807, 2.05) is 24.3 Å². The summed E-state index contributed by atoms with van der Waals surface area (Å²) >= 11 is 0. The second-order valence-corrected chi connectivity index (χ2v) is 13.7. The Hall–Kier alpha value is -7.04. The molecule has 4 heterocycles. The molecule has 0 bridgehead atoms. The molecule has 12 aromatic rings. The molecular weight excluding hydrogens is 637 g/mol. The molecule has 0 fully saturated rings. The first-order chi connectivity index (χ1) is 25.8. The lowest BCUT2D eigenvalue weighted by molar-refractivity contribution is 0.666. The van der Waals surface area contributed by atoms with E-state index in [0.717, 1.165) is 82.6 Å². The van der Waals surface area contributed by atoms with Gasteiger partial charge in [0.15, 0.2) is 5.58 Å². The first kappa shape index (κ1) is 27.7. The molecule has 12 rings (SSSR count). The van der Waals surface area contributed by atoms with Crippen LogP contribution in [0.5, 0.6) is 0 Å². The van der Waals surface area contributed by atoms with Crippen molar-refractivity contribution >= 4 is 87.5 Å². The minimum Gasteiger partial charge on any atom is -0.456 e. The van der Waals surface area contributed by atoms with Crippen LogP contribution in [0.15, 0.2) is 179 Å². The van der Waals surface area contributed by atoms with Crippen molar-refractivity contribution in [1.29, 1.82) is 0 Å². The third kappa shape index (κ3) is 3.75. The fourth-order valence-electron chi connectivity index (χ4n) is 8.59. The molecule has 0 saturated carbocycles. The van der Waals surface area contributed by atoms with Gasteiger partial charge >= 0.3 is 0 Å². The number of hydrogen-bond acceptors (Lipinski definition) is 2. The summed E-state index contributed by atoms with van der Waals surface area (Å²) in [5.41, 5.74) is 12.7. The first-order valence-corrected chi connectivity index (χ1v) is 17.7. The minimum absolute atomic E-state index is 0.879. The predicted octanol–water partition coefficient (Wildman–Crippen LogP) is 13.3. The Morgan fingerprint density at radius 3 is 1.67 bits per heavy atom. The van der Waals surface area contributed by atoms with E-state index in [4.69, 9.17) is 8.83 Å². The van der Waals surface area contributed by atoms with Crippen molar-refractivity contribution in [3.05, 3.63) is 170 Å². The molecule has 52 heavy (non-hydrogen) atoms. The molecule has 0 aliphatic carbocycles. The third-order valence-electron chi connectivity index (χ3n) is 10.9. The van der Waals surface area contributed by atoms with Crippen molar-refractivity contribution in [3.63, 3.8) is 0 Å². The maximum Gasteiger partial charge on any atom is 0.159 e. The van der Waals surface area contributed by atoms with Gasteiger partial charge in [0.1, 0.15) is 16.7 Å². The quantitative estimate of drug-likeness (QED) is 0.188. The van der Waals surface area contributed by atoms with Crippen molar-refractivity contribution in [1.82, 2.24) is 9.13 Å². The molecule has 0 amide bonds. The van der Waals surface area contributed by atoms with Crippen LogP contribution in [0.25, 0.3) is 110 Å². The number of hydrogen-bond donors (Lipinski definition) is 0. The number of fused-ring (bicyclic) bond motifs is 12. The molecule has 0 aliphatic heterocycles. The van der Waals surface area contributed by atoms with Crippen LogP contribution in [0.3, 0.4) is 0 Å². The van der Waals surface area contributed by atoms with Crippen molar-refractivity contribution in [2.45, 2.75) is 0 Å². The molecule has 4 heteroatoms. The number of aromatic nitrogens is 2. The normalized spacial score (nSPS) is 12.2. The van der Waals surface area contributed by atoms with Crippen LogP contribution in [-0.4, -0.2) is 9.13 Å². The number of nitrogens with zero attached hydrogens (tertiary/aromatic N) is 2. The summed E-state index contributed by atoms with van der Waals surface area (Å²) in [5.74, 6) is 0. The van der Waals surface area contributed by atoms with E-state index < -0.39 is 0 Å². The van der Waals surface area contributed by atoms with E-state index in [1.165, 1.54) is 27.4 Å². The first-order valence-electron chi connectivity index (χ1n) is 17.7. The van der Waals surface area contributed by atoms with Gasteiger partial charge in [0, 0.05) is 48.8 Å². The monoisotopic (exact) mass is 664 g/mol. The van der Waals surface area contributed by atoms with Crippen LogP contribution < -0.4 is 0 Å². The maximum atomic E-state index is 6.61. The van der Waals surface area contributed by atoms with Gasteiger partial charge < -0.3 is 18.0 Å². The zero-order valence-corrected chi connectivity index (χ0v) is 27.9. The molecule has 0 saturated heterocycles. The number of furan rings is 2. The second-order valence-electron chi connectivity index (χ2n) is 13.7. The van der Waals surface area contributed by atoms with E-state index in [2.05, 4.69) is 155 Å². The van der Waals surface area contributed by atoms with Gasteiger partial charge in [-0.2, -0.15) is 0 Å². The molecule has 4 aromatic heterocycles. The van der Waals surface area contributed by atoms with Crippen LogP contribution in [0.2, 0.25) is 0 Å². The van der Waals surface area contributed by atoms with E-state index >= 15 is 0 Å². The Kier molecular flexibility index (Phi) is 5.47. The highest BCUT2D eigenvalue weighted by Gasteiger charge is 2.21. The summed E-state index contributed by atoms with van der Waals surface area (Å²) in [7, 11) is 0. The molecule has 0 unspecified atom stereocenters. The van der Waals surface area contributed by atoms with Crippen molar-refractivity contribution in [2.24, 2.45) is 0 Å². The van der Waals surface area contributed by atoms with Gasteiger partial charge in [-0.05, 0) is 83.9 Å². The SMILES string of the molecule is c1ccc(-n2c3ccccc3c3cc(-c4ccc5c(c4)c4cc6oc7ccccc7c6cc4n5-c4cccc5c4oc4ccccc45)ccc32)cc1. The average molecular weight is 665 g/mol. The third-order valence-corrected chi connectivity index (χ3v) is 10.9. The van der Waals surface area contributed by atoms with Gasteiger partial charge in [0.05, 0.1) is 27.8 Å². The van der Waals surface area contributed by atoms with Crippen molar-refractivity contribution < 1.29 is 8.83 Å². The fraction of sp³-hybridized carbons (Fsp3) is 0. The molecule has 242 valence electrons. The van der Waals surface area contributed by atoms with Gasteiger partial charge in [-0.25, -0.2) is 0 Å². The number of rotatable bonds is 3. The van der Waals surface area contributed by atoms with E-state index in [9.17, 15) is 0 Å². The minimum atomic E-state index is 0.879. The zero-order chi connectivity index (χ0) is 33.9. The Bertz CT molecular complexity index is 3410. The molecule has 0 aliphatic rings. The molecule has 8 aromatic carbocycles. The molecule has 4 nitrogen and oxygen atoms in total. The Morgan fingerprint density at radius 1 is 0.308 bits per heavy atom. The topological polar surface area (TPSA) is 36.1 Å². The lowest BCUT2D eigenvalue weighted by atomic mass is 10.0. The van der Waals surface area contributed by atoms with Crippen LogP contribution >= 0.6 is 0 Å². The van der Waals surface area contributed by atoms with Crippen LogP contribution in [0.4, 0.5) is 0 Å². The number of benzene rings is 8. The smallest absolute Gasteiger partial charge is 0.159 e. The molecule has 0 radical (unpaired) electrons. The van der Waals surface area contributed by atoms with Crippen LogP contribution in [-0.2, 0) is 0 Å². The summed E-state index contributed by atoms with van der Waals surface area (Å²) in [6, 6.07) is 60.6. The zero-order valence-electron chi connectivity index (χ0n) is 27.9. The van der Waals surface area contributed by atoms with E-state index in [0.29, 0.717) is 0 Å². The standard InChI is InChI=1S/C48H28N2O2/c1-2-11-31(12-3-1)49-40-17-7-4-13-32(40)36-25-29(21-23-41(36)49)30-22-24-42-37(26-30)38-28-47-39(34-15-6-8-19-45(34)51-47)27-44(38)50(42)43-18-10-16-35-33-14-5-9-20-46(33)52-48(35)43/h1-28H. The molecule has 0 spiro atoms. The summed E-state index contributed by atoms with van der Waals surface area (Å²) in [5, 5.41) is 9.22. The van der Waals surface area contributed by atoms with Crippen molar-refractivity contribution in [2.75, 3.05) is 0 Å². The average Bonchev–Trinajstić information content (AvgIpc) is 3.94. The summed E-state index contributed by atoms with van der Waals surface area (Å²) in [4.78, 5) is 0. The fourth-order valence-corrected chi connectivity index (χ4v) is 8.59. The lowest BCUT2D eigenvalue weighted by Crippen LogP contribution is -1.94. The van der Waals surface area contributed by atoms with E-state index in [-0.39, 0.29) is 0 Å². The maximum absolute atomic E-state index is 6.61. The largest absolute Gasteiger partial charge is 0.456 e. The summed E-state index contributed by atoms with van der Waals surface area (Å²) in [6.07, 6.45) is 0. The van der Waals surface area contributed by atoms with Gasteiger partial charge in [-0.3, -0.25) is 0 Å². The Morgan fingerprint density at radius 2 is 0.885 bits per heavy atom. The highest BCUT2D eigenvalue weighted by atomic mass is 16.3. The number of para-hydroxylation sites is 5. The summed E-state index contributed by atoms with van der Waals surface area (Å²) in [6.45, 7) is 0. The van der Waals surface area contributed by atoms with Crippen LogP contribution in [0, 0.1) is 0 Å². The molecule has 0 N–H and O–H groups in total. The van der Waals surface area contributed by atoms with Gasteiger partial charge in [0.2, 0.25) is 0 Å². The molecule has 0 atom stereocenters. The lowest BCUT2D eigenvalue weighted by Gasteiger charge is -2.10. The predicted molar refractivity (Wildman–Crippen MR) is 215 cm³/mol. The van der Waals surface area contributed by atoms with Crippen LogP contribution in [0.1, 0.15) is 0 Å². The van der Waals surface area contributed by atoms with Gasteiger partial charge in [-0.1, -0.05) is 97.1 Å². The Labute approximate surface area is 296 Å². The second kappa shape index (κ2) is 10.3. The summed E-state index contributed by atoms with van der Waals surface area (Å²) < 4.78 is 17.8. The van der Waals surface area contributed by atoms with Crippen molar-refractivity contribution in [3.8, 4) is 22.5 Å². The molecular formula is C48H28N2O2. The van der Waals surface area contributed by atoms with Gasteiger partial charge in [0.25, 0.3) is 0 Å². The van der Waals surface area contributed by atoms with E-state index in [1.54, 1.807) is 0 Å².